The Kier molecular flexibility index (Phi) is 5.94. The highest BCUT2D eigenvalue weighted by molar-refractivity contribution is 5.82. The Morgan fingerprint density at radius 3 is 2.32 bits per heavy atom. The predicted molar refractivity (Wildman–Crippen MR) is 106 cm³/mol. The Morgan fingerprint density at radius 1 is 1.07 bits per heavy atom. The summed E-state index contributed by atoms with van der Waals surface area (Å²) in [4.78, 5) is 15.2. The summed E-state index contributed by atoms with van der Waals surface area (Å²) in [5.74, 6) is -0.101. The van der Waals surface area contributed by atoms with Gasteiger partial charge in [0, 0.05) is 26.9 Å². The van der Waals surface area contributed by atoms with E-state index in [0.29, 0.717) is 13.1 Å². The lowest BCUT2D eigenvalue weighted by Crippen LogP contribution is -2.35. The van der Waals surface area contributed by atoms with Crippen LogP contribution in [0.1, 0.15) is 34.4 Å². The third-order valence-electron chi connectivity index (χ3n) is 4.84. The van der Waals surface area contributed by atoms with Gasteiger partial charge < -0.3 is 9.64 Å². The highest BCUT2D eigenvalue weighted by atomic mass is 16.5. The van der Waals surface area contributed by atoms with Gasteiger partial charge in [0.15, 0.2) is 6.10 Å². The molecule has 2 heterocycles. The molecular weight excluding hydrogens is 354 g/mol. The first-order valence-electron chi connectivity index (χ1n) is 9.24. The predicted octanol–water partition coefficient (Wildman–Crippen LogP) is 2.69. The van der Waals surface area contributed by atoms with Crippen molar-refractivity contribution >= 4 is 5.91 Å². The highest BCUT2D eigenvalue weighted by Gasteiger charge is 2.27. The Bertz CT molecular complexity index is 926. The highest BCUT2D eigenvalue weighted by Crippen LogP contribution is 2.22. The Hall–Kier alpha value is -2.93. The molecule has 0 saturated heterocycles. The van der Waals surface area contributed by atoms with Gasteiger partial charge >= 0.3 is 0 Å². The first-order valence-corrected chi connectivity index (χ1v) is 9.24. The Balaban J connectivity index is 1.91. The molecule has 0 aliphatic carbocycles. The Labute approximate surface area is 165 Å². The van der Waals surface area contributed by atoms with E-state index in [1.54, 1.807) is 12.0 Å². The second-order valence-electron chi connectivity index (χ2n) is 7.02. The van der Waals surface area contributed by atoms with Crippen LogP contribution in [0.4, 0.5) is 0 Å². The SMILES string of the molecule is COC(C(=O)N(Cc1cc(C)n(C)n1)Cc1cc(C)nn1C)c1ccccc1. The van der Waals surface area contributed by atoms with Crippen LogP contribution in [-0.4, -0.2) is 37.5 Å². The molecule has 0 spiro atoms. The fourth-order valence-corrected chi connectivity index (χ4v) is 3.30. The molecule has 0 aliphatic rings. The molecule has 7 nitrogen and oxygen atoms in total. The molecule has 2 aromatic heterocycles. The number of rotatable bonds is 7. The lowest BCUT2D eigenvalue weighted by Gasteiger charge is -2.26. The van der Waals surface area contributed by atoms with Crippen LogP contribution >= 0.6 is 0 Å². The van der Waals surface area contributed by atoms with E-state index >= 15 is 0 Å². The van der Waals surface area contributed by atoms with Crippen molar-refractivity contribution in [3.8, 4) is 0 Å². The summed E-state index contributed by atoms with van der Waals surface area (Å²) in [5, 5.41) is 8.92. The molecule has 0 N–H and O–H groups in total. The number of aryl methyl sites for hydroxylation is 4. The third-order valence-corrected chi connectivity index (χ3v) is 4.84. The van der Waals surface area contributed by atoms with Gasteiger partial charge in [0.05, 0.1) is 30.2 Å². The van der Waals surface area contributed by atoms with Gasteiger partial charge in [0.1, 0.15) is 0 Å². The van der Waals surface area contributed by atoms with Gasteiger partial charge in [-0.1, -0.05) is 30.3 Å². The zero-order valence-corrected chi connectivity index (χ0v) is 17.1. The summed E-state index contributed by atoms with van der Waals surface area (Å²) in [6, 6.07) is 13.5. The van der Waals surface area contributed by atoms with E-state index in [-0.39, 0.29) is 5.91 Å². The summed E-state index contributed by atoms with van der Waals surface area (Å²) in [7, 11) is 5.35. The number of amides is 1. The number of ether oxygens (including phenoxy) is 1. The van der Waals surface area contributed by atoms with Gasteiger partial charge in [-0.05, 0) is 31.5 Å². The molecule has 0 saturated carbocycles. The summed E-state index contributed by atoms with van der Waals surface area (Å²) in [6.07, 6.45) is -0.666. The van der Waals surface area contributed by atoms with Crippen LogP contribution < -0.4 is 0 Å². The lowest BCUT2D eigenvalue weighted by atomic mass is 10.1. The minimum atomic E-state index is -0.666. The number of benzene rings is 1. The maximum atomic E-state index is 13.4. The fraction of sp³-hybridized carbons (Fsp3) is 0.381. The largest absolute Gasteiger partial charge is 0.367 e. The quantitative estimate of drug-likeness (QED) is 0.631. The fourth-order valence-electron chi connectivity index (χ4n) is 3.30. The van der Waals surface area contributed by atoms with Crippen molar-refractivity contribution in [2.24, 2.45) is 14.1 Å². The lowest BCUT2D eigenvalue weighted by molar-refractivity contribution is -0.144. The number of nitrogens with zero attached hydrogens (tertiary/aromatic N) is 5. The number of hydrogen-bond donors (Lipinski definition) is 0. The molecule has 0 bridgehead atoms. The van der Waals surface area contributed by atoms with Crippen LogP contribution in [-0.2, 0) is 36.7 Å². The van der Waals surface area contributed by atoms with Gasteiger partial charge in [-0.25, -0.2) is 0 Å². The van der Waals surface area contributed by atoms with E-state index in [9.17, 15) is 4.79 Å². The van der Waals surface area contributed by atoms with Crippen LogP contribution in [0.15, 0.2) is 42.5 Å². The minimum absolute atomic E-state index is 0.101. The molecule has 1 unspecified atom stereocenters. The van der Waals surface area contributed by atoms with Gasteiger partial charge in [-0.2, -0.15) is 10.2 Å². The number of hydrogen-bond acceptors (Lipinski definition) is 4. The van der Waals surface area contributed by atoms with Gasteiger partial charge in [-0.15, -0.1) is 0 Å². The minimum Gasteiger partial charge on any atom is -0.367 e. The molecular formula is C21H27N5O2. The van der Waals surface area contributed by atoms with Crippen LogP contribution in [0.5, 0.6) is 0 Å². The topological polar surface area (TPSA) is 65.2 Å². The summed E-state index contributed by atoms with van der Waals surface area (Å²) in [5.41, 5.74) is 4.60. The average Bonchev–Trinajstić information content (AvgIpc) is 3.15. The van der Waals surface area contributed by atoms with Gasteiger partial charge in [0.25, 0.3) is 5.91 Å². The van der Waals surface area contributed by atoms with Gasteiger partial charge in [0.2, 0.25) is 0 Å². The van der Waals surface area contributed by atoms with E-state index in [4.69, 9.17) is 4.74 Å². The molecule has 1 amide bonds. The van der Waals surface area contributed by atoms with Crippen LogP contribution in [0.3, 0.4) is 0 Å². The van der Waals surface area contributed by atoms with Crippen molar-refractivity contribution in [1.82, 2.24) is 24.5 Å². The third kappa shape index (κ3) is 4.31. The van der Waals surface area contributed by atoms with Crippen molar-refractivity contribution in [3.05, 3.63) is 70.8 Å². The van der Waals surface area contributed by atoms with Crippen molar-refractivity contribution < 1.29 is 9.53 Å². The first kappa shape index (κ1) is 19.8. The molecule has 28 heavy (non-hydrogen) atoms. The van der Waals surface area contributed by atoms with E-state index in [2.05, 4.69) is 10.2 Å². The van der Waals surface area contributed by atoms with Gasteiger partial charge in [-0.3, -0.25) is 14.2 Å². The number of aromatic nitrogens is 4. The number of methoxy groups -OCH3 is 1. The summed E-state index contributed by atoms with van der Waals surface area (Å²) >= 11 is 0. The van der Waals surface area contributed by atoms with Crippen molar-refractivity contribution in [2.45, 2.75) is 33.0 Å². The number of carbonyl (C=O) groups is 1. The van der Waals surface area contributed by atoms with E-state index in [1.807, 2.05) is 79.8 Å². The zero-order valence-electron chi connectivity index (χ0n) is 17.1. The van der Waals surface area contributed by atoms with Crippen molar-refractivity contribution in [2.75, 3.05) is 7.11 Å². The summed E-state index contributed by atoms with van der Waals surface area (Å²) in [6.45, 7) is 4.77. The summed E-state index contributed by atoms with van der Waals surface area (Å²) < 4.78 is 9.21. The van der Waals surface area contributed by atoms with E-state index < -0.39 is 6.10 Å². The molecule has 3 aromatic rings. The molecule has 7 heteroatoms. The molecule has 148 valence electrons. The zero-order chi connectivity index (χ0) is 20.3. The molecule has 3 rings (SSSR count). The molecule has 0 aliphatic heterocycles. The first-order chi connectivity index (χ1) is 13.4. The van der Waals surface area contributed by atoms with Crippen LogP contribution in [0.25, 0.3) is 0 Å². The molecule has 0 radical (unpaired) electrons. The molecule has 1 aromatic carbocycles. The second-order valence-corrected chi connectivity index (χ2v) is 7.02. The van der Waals surface area contributed by atoms with E-state index in [1.165, 1.54) is 0 Å². The smallest absolute Gasteiger partial charge is 0.257 e. The Morgan fingerprint density at radius 2 is 1.79 bits per heavy atom. The monoisotopic (exact) mass is 381 g/mol. The molecule has 1 atom stereocenters. The maximum Gasteiger partial charge on any atom is 0.257 e. The van der Waals surface area contributed by atoms with Crippen LogP contribution in [0.2, 0.25) is 0 Å². The maximum absolute atomic E-state index is 13.4. The van der Waals surface area contributed by atoms with E-state index in [0.717, 1.165) is 28.3 Å². The van der Waals surface area contributed by atoms with Crippen molar-refractivity contribution in [1.29, 1.82) is 0 Å². The second kappa shape index (κ2) is 8.39. The number of carbonyl (C=O) groups excluding carboxylic acids is 1. The normalized spacial score (nSPS) is 12.2. The van der Waals surface area contributed by atoms with Crippen LogP contribution in [0, 0.1) is 13.8 Å². The molecule has 0 fully saturated rings. The van der Waals surface area contributed by atoms with Crippen molar-refractivity contribution in [3.63, 3.8) is 0 Å². The average molecular weight is 381 g/mol. The standard InChI is InChI=1S/C21H27N5O2/c1-15-11-19(25(4)22-15)14-26(13-18-12-16(2)24(3)23-18)21(27)20(28-5)17-9-7-6-8-10-17/h6-12,20H,13-14H2,1-5H3.